The molecule has 4 nitrogen and oxygen atoms in total. The van der Waals surface area contributed by atoms with Gasteiger partial charge in [0, 0.05) is 15.2 Å². The number of halogens is 1. The topological polar surface area (TPSA) is 61.0 Å². The summed E-state index contributed by atoms with van der Waals surface area (Å²) in [5.41, 5.74) is 8.42. The standard InChI is InChI=1S/C16H14BrN3O/c1-9-7-11(17)8-14(18)15(9)21-16-13-6-4-3-5-12(13)10(2)19-20-16/h3-8H,18H2,1-2H3. The minimum Gasteiger partial charge on any atom is -0.435 e. The zero-order chi connectivity index (χ0) is 15.0. The fraction of sp³-hybridized carbons (Fsp3) is 0.125. The fourth-order valence-corrected chi connectivity index (χ4v) is 2.87. The van der Waals surface area contributed by atoms with Crippen molar-refractivity contribution in [1.29, 1.82) is 0 Å². The summed E-state index contributed by atoms with van der Waals surface area (Å²) in [7, 11) is 0. The molecule has 0 amide bonds. The van der Waals surface area contributed by atoms with E-state index < -0.39 is 0 Å². The number of hydrogen-bond acceptors (Lipinski definition) is 4. The molecule has 3 aromatic rings. The van der Waals surface area contributed by atoms with Gasteiger partial charge in [0.05, 0.1) is 11.4 Å². The van der Waals surface area contributed by atoms with Crippen LogP contribution >= 0.6 is 15.9 Å². The fourth-order valence-electron chi connectivity index (χ4n) is 2.28. The molecule has 106 valence electrons. The number of nitrogen functional groups attached to an aromatic ring is 1. The van der Waals surface area contributed by atoms with Crippen LogP contribution < -0.4 is 10.5 Å². The predicted octanol–water partition coefficient (Wildman–Crippen LogP) is 4.38. The maximum Gasteiger partial charge on any atom is 0.246 e. The average molecular weight is 344 g/mol. The highest BCUT2D eigenvalue weighted by molar-refractivity contribution is 9.10. The SMILES string of the molecule is Cc1cc(Br)cc(N)c1Oc1nnc(C)c2ccccc12. The monoisotopic (exact) mass is 343 g/mol. The van der Waals surface area contributed by atoms with E-state index in [1.165, 1.54) is 0 Å². The molecule has 0 unspecified atom stereocenters. The van der Waals surface area contributed by atoms with E-state index in [9.17, 15) is 0 Å². The van der Waals surface area contributed by atoms with Crippen LogP contribution in [0.25, 0.3) is 10.8 Å². The van der Waals surface area contributed by atoms with E-state index in [-0.39, 0.29) is 0 Å². The Balaban J connectivity index is 2.13. The van der Waals surface area contributed by atoms with Gasteiger partial charge in [-0.3, -0.25) is 0 Å². The Kier molecular flexibility index (Phi) is 3.51. The molecule has 2 N–H and O–H groups in total. The molecular weight excluding hydrogens is 330 g/mol. The molecule has 0 aliphatic carbocycles. The number of aryl methyl sites for hydroxylation is 2. The Morgan fingerprint density at radius 2 is 1.76 bits per heavy atom. The summed E-state index contributed by atoms with van der Waals surface area (Å²) in [5.74, 6) is 1.08. The summed E-state index contributed by atoms with van der Waals surface area (Å²) in [6.45, 7) is 3.87. The molecule has 1 aromatic heterocycles. The van der Waals surface area contributed by atoms with Gasteiger partial charge in [0.25, 0.3) is 0 Å². The van der Waals surface area contributed by atoms with Gasteiger partial charge in [0.1, 0.15) is 0 Å². The van der Waals surface area contributed by atoms with Crippen molar-refractivity contribution in [2.45, 2.75) is 13.8 Å². The van der Waals surface area contributed by atoms with E-state index in [4.69, 9.17) is 10.5 Å². The van der Waals surface area contributed by atoms with Crippen LogP contribution in [0.4, 0.5) is 5.69 Å². The van der Waals surface area contributed by atoms with E-state index in [0.29, 0.717) is 17.3 Å². The van der Waals surface area contributed by atoms with Gasteiger partial charge in [0.2, 0.25) is 5.88 Å². The molecule has 0 saturated heterocycles. The van der Waals surface area contributed by atoms with Gasteiger partial charge in [-0.15, -0.1) is 5.10 Å². The summed E-state index contributed by atoms with van der Waals surface area (Å²) in [5, 5.41) is 10.3. The van der Waals surface area contributed by atoms with Crippen molar-refractivity contribution in [1.82, 2.24) is 10.2 Å². The van der Waals surface area contributed by atoms with Crippen LogP contribution in [0, 0.1) is 13.8 Å². The van der Waals surface area contributed by atoms with E-state index in [1.54, 1.807) is 0 Å². The summed E-state index contributed by atoms with van der Waals surface area (Å²) < 4.78 is 6.86. The van der Waals surface area contributed by atoms with Crippen LogP contribution in [-0.2, 0) is 0 Å². The molecule has 1 heterocycles. The highest BCUT2D eigenvalue weighted by Crippen LogP contribution is 2.35. The number of hydrogen-bond donors (Lipinski definition) is 1. The first kappa shape index (κ1) is 13.8. The van der Waals surface area contributed by atoms with E-state index in [2.05, 4.69) is 26.1 Å². The van der Waals surface area contributed by atoms with E-state index in [1.807, 2.05) is 50.2 Å². The molecule has 0 radical (unpaired) electrons. The lowest BCUT2D eigenvalue weighted by Gasteiger charge is -2.13. The second-order valence-electron chi connectivity index (χ2n) is 4.88. The molecule has 0 aliphatic heterocycles. The summed E-state index contributed by atoms with van der Waals surface area (Å²) in [6.07, 6.45) is 0. The molecule has 3 rings (SSSR count). The van der Waals surface area contributed by atoms with Crippen LogP contribution in [0.1, 0.15) is 11.3 Å². The number of benzene rings is 2. The van der Waals surface area contributed by atoms with Gasteiger partial charge in [-0.1, -0.05) is 34.1 Å². The van der Waals surface area contributed by atoms with Gasteiger partial charge < -0.3 is 10.5 Å². The molecule has 0 spiro atoms. The average Bonchev–Trinajstić information content (AvgIpc) is 2.45. The van der Waals surface area contributed by atoms with Gasteiger partial charge in [-0.2, -0.15) is 5.10 Å². The molecule has 21 heavy (non-hydrogen) atoms. The molecular formula is C16H14BrN3O. The predicted molar refractivity (Wildman–Crippen MR) is 87.6 cm³/mol. The minimum atomic E-state index is 0.466. The summed E-state index contributed by atoms with van der Waals surface area (Å²) >= 11 is 3.42. The lowest BCUT2D eigenvalue weighted by atomic mass is 10.1. The molecule has 5 heteroatoms. The Morgan fingerprint density at radius 1 is 1.05 bits per heavy atom. The third-order valence-corrected chi connectivity index (χ3v) is 3.76. The molecule has 0 bridgehead atoms. The summed E-state index contributed by atoms with van der Waals surface area (Å²) in [4.78, 5) is 0. The first-order valence-electron chi connectivity index (χ1n) is 6.52. The molecule has 0 fully saturated rings. The van der Waals surface area contributed by atoms with Crippen LogP contribution in [-0.4, -0.2) is 10.2 Å². The molecule has 0 aliphatic rings. The normalized spacial score (nSPS) is 10.8. The largest absolute Gasteiger partial charge is 0.435 e. The number of fused-ring (bicyclic) bond motifs is 1. The highest BCUT2D eigenvalue weighted by Gasteiger charge is 2.12. The van der Waals surface area contributed by atoms with Gasteiger partial charge in [-0.05, 0) is 37.6 Å². The number of ether oxygens (including phenoxy) is 1. The van der Waals surface area contributed by atoms with Crippen molar-refractivity contribution in [2.75, 3.05) is 5.73 Å². The third kappa shape index (κ3) is 2.56. The minimum absolute atomic E-state index is 0.466. The van der Waals surface area contributed by atoms with E-state index in [0.717, 1.165) is 26.5 Å². The number of rotatable bonds is 2. The Morgan fingerprint density at radius 3 is 2.48 bits per heavy atom. The maximum atomic E-state index is 6.04. The smallest absolute Gasteiger partial charge is 0.246 e. The second kappa shape index (κ2) is 5.33. The molecule has 0 atom stereocenters. The number of anilines is 1. The lowest BCUT2D eigenvalue weighted by molar-refractivity contribution is 0.460. The van der Waals surface area contributed by atoms with Crippen LogP contribution in [0.5, 0.6) is 11.6 Å². The van der Waals surface area contributed by atoms with Gasteiger partial charge in [-0.25, -0.2) is 0 Å². The van der Waals surface area contributed by atoms with Crippen molar-refractivity contribution < 1.29 is 4.74 Å². The molecule has 0 saturated carbocycles. The van der Waals surface area contributed by atoms with Crippen molar-refractivity contribution in [2.24, 2.45) is 0 Å². The maximum absolute atomic E-state index is 6.04. The first-order chi connectivity index (χ1) is 10.1. The number of nitrogens with zero attached hydrogens (tertiary/aromatic N) is 2. The Bertz CT molecular complexity index is 810. The van der Waals surface area contributed by atoms with Crippen molar-refractivity contribution in [3.63, 3.8) is 0 Å². The van der Waals surface area contributed by atoms with Crippen molar-refractivity contribution in [3.8, 4) is 11.6 Å². The zero-order valence-electron chi connectivity index (χ0n) is 11.7. The molecule has 2 aromatic carbocycles. The number of nitrogens with two attached hydrogens (primary N) is 1. The van der Waals surface area contributed by atoms with E-state index >= 15 is 0 Å². The zero-order valence-corrected chi connectivity index (χ0v) is 13.3. The quantitative estimate of drug-likeness (QED) is 0.701. The Hall–Kier alpha value is -2.14. The summed E-state index contributed by atoms with van der Waals surface area (Å²) in [6, 6.07) is 11.7. The van der Waals surface area contributed by atoms with Crippen LogP contribution in [0.3, 0.4) is 0 Å². The van der Waals surface area contributed by atoms with Gasteiger partial charge >= 0.3 is 0 Å². The highest BCUT2D eigenvalue weighted by atomic mass is 79.9. The lowest BCUT2D eigenvalue weighted by Crippen LogP contribution is -1.99. The van der Waals surface area contributed by atoms with Crippen LogP contribution in [0.2, 0.25) is 0 Å². The van der Waals surface area contributed by atoms with Crippen molar-refractivity contribution >= 4 is 32.4 Å². The van der Waals surface area contributed by atoms with Crippen LogP contribution in [0.15, 0.2) is 40.9 Å². The van der Waals surface area contributed by atoms with Crippen molar-refractivity contribution in [3.05, 3.63) is 52.1 Å². The second-order valence-corrected chi connectivity index (χ2v) is 5.79. The Labute approximate surface area is 131 Å². The number of aromatic nitrogens is 2. The third-order valence-electron chi connectivity index (χ3n) is 3.30. The first-order valence-corrected chi connectivity index (χ1v) is 7.31. The van der Waals surface area contributed by atoms with Gasteiger partial charge in [0.15, 0.2) is 5.75 Å².